The van der Waals surface area contributed by atoms with Crippen LogP contribution in [0.15, 0.2) is 0 Å². The zero-order valence-corrected chi connectivity index (χ0v) is 10.1. The molecule has 0 aliphatic heterocycles. The second-order valence-electron chi connectivity index (χ2n) is 5.94. The monoisotopic (exact) mass is 182 g/mol. The van der Waals surface area contributed by atoms with Crippen molar-refractivity contribution in [3.63, 3.8) is 0 Å². The van der Waals surface area contributed by atoms with Gasteiger partial charge < -0.3 is 0 Å². The first kappa shape index (κ1) is 11.1. The molecule has 0 spiro atoms. The highest BCUT2D eigenvalue weighted by Gasteiger charge is 2.38. The molecule has 0 saturated heterocycles. The largest absolute Gasteiger partial charge is 0.0654 e. The molecule has 1 saturated carbocycles. The molecule has 0 aromatic carbocycles. The average Bonchev–Trinajstić information content (AvgIpc) is 2.79. The van der Waals surface area contributed by atoms with E-state index in [0.29, 0.717) is 5.41 Å². The summed E-state index contributed by atoms with van der Waals surface area (Å²) in [5.41, 5.74) is 0.502. The fourth-order valence-corrected chi connectivity index (χ4v) is 2.39. The van der Waals surface area contributed by atoms with Crippen LogP contribution < -0.4 is 0 Å². The Hall–Kier alpha value is 0. The van der Waals surface area contributed by atoms with Gasteiger partial charge in [-0.2, -0.15) is 0 Å². The van der Waals surface area contributed by atoms with Gasteiger partial charge in [0.25, 0.3) is 0 Å². The van der Waals surface area contributed by atoms with Crippen molar-refractivity contribution in [1.29, 1.82) is 0 Å². The van der Waals surface area contributed by atoms with E-state index in [-0.39, 0.29) is 0 Å². The third-order valence-electron chi connectivity index (χ3n) is 3.86. The van der Waals surface area contributed by atoms with Crippen molar-refractivity contribution < 1.29 is 0 Å². The van der Waals surface area contributed by atoms with Gasteiger partial charge in [0.2, 0.25) is 0 Å². The first-order valence-corrected chi connectivity index (χ1v) is 5.96. The summed E-state index contributed by atoms with van der Waals surface area (Å²) in [5, 5.41) is 0. The average molecular weight is 182 g/mol. The lowest BCUT2D eigenvalue weighted by molar-refractivity contribution is 0.150. The minimum absolute atomic E-state index is 0.502. The quantitative estimate of drug-likeness (QED) is 0.600. The van der Waals surface area contributed by atoms with Crippen molar-refractivity contribution in [2.75, 3.05) is 0 Å². The molecule has 1 rings (SSSR count). The van der Waals surface area contributed by atoms with Crippen molar-refractivity contribution >= 4 is 0 Å². The van der Waals surface area contributed by atoms with Gasteiger partial charge in [-0.05, 0) is 36.0 Å². The maximum Gasteiger partial charge on any atom is -0.0354 e. The fourth-order valence-electron chi connectivity index (χ4n) is 2.39. The molecule has 13 heavy (non-hydrogen) atoms. The summed E-state index contributed by atoms with van der Waals surface area (Å²) >= 11 is 0. The normalized spacial score (nSPS) is 22.8. The molecule has 0 aromatic heterocycles. The summed E-state index contributed by atoms with van der Waals surface area (Å²) in [4.78, 5) is 0. The maximum atomic E-state index is 2.46. The van der Waals surface area contributed by atoms with Crippen LogP contribution in [0.2, 0.25) is 0 Å². The predicted molar refractivity (Wildman–Crippen MR) is 59.7 cm³/mol. The summed E-state index contributed by atoms with van der Waals surface area (Å²) in [5.74, 6) is 2.97. The molecule has 1 fully saturated rings. The van der Waals surface area contributed by atoms with E-state index in [0.717, 1.165) is 17.8 Å². The van der Waals surface area contributed by atoms with Gasteiger partial charge >= 0.3 is 0 Å². The van der Waals surface area contributed by atoms with Gasteiger partial charge in [-0.3, -0.25) is 0 Å². The van der Waals surface area contributed by atoms with Gasteiger partial charge in [0.1, 0.15) is 0 Å². The Morgan fingerprint density at radius 1 is 1.23 bits per heavy atom. The Kier molecular flexibility index (Phi) is 3.43. The van der Waals surface area contributed by atoms with Crippen LogP contribution in [-0.4, -0.2) is 0 Å². The Balaban J connectivity index is 2.52. The van der Waals surface area contributed by atoms with Crippen molar-refractivity contribution in [3.05, 3.63) is 0 Å². The molecular weight excluding hydrogens is 156 g/mol. The van der Waals surface area contributed by atoms with Gasteiger partial charge in [0.05, 0.1) is 0 Å². The minimum atomic E-state index is 0.502. The first-order chi connectivity index (χ1) is 5.96. The molecular formula is C13H26. The second kappa shape index (κ2) is 4.02. The molecule has 0 heteroatoms. The Morgan fingerprint density at radius 2 is 1.77 bits per heavy atom. The molecule has 0 amide bonds. The van der Waals surface area contributed by atoms with E-state index in [1.807, 2.05) is 0 Å². The van der Waals surface area contributed by atoms with Gasteiger partial charge in [-0.15, -0.1) is 0 Å². The van der Waals surface area contributed by atoms with E-state index in [4.69, 9.17) is 0 Å². The van der Waals surface area contributed by atoms with E-state index < -0.39 is 0 Å². The fraction of sp³-hybridized carbons (Fsp3) is 1.00. The van der Waals surface area contributed by atoms with Crippen molar-refractivity contribution in [2.24, 2.45) is 23.2 Å². The SMILES string of the molecule is CCCC(C1CC1)C(C)C(C)(C)C. The Morgan fingerprint density at radius 3 is 2.08 bits per heavy atom. The highest BCUT2D eigenvalue weighted by Crippen LogP contribution is 2.47. The van der Waals surface area contributed by atoms with E-state index in [1.54, 1.807) is 0 Å². The second-order valence-corrected chi connectivity index (χ2v) is 5.94. The first-order valence-electron chi connectivity index (χ1n) is 5.96. The summed E-state index contributed by atoms with van der Waals surface area (Å²) < 4.78 is 0. The topological polar surface area (TPSA) is 0 Å². The Labute approximate surface area is 84.1 Å². The van der Waals surface area contributed by atoms with E-state index in [9.17, 15) is 0 Å². The van der Waals surface area contributed by atoms with Crippen LogP contribution in [0.4, 0.5) is 0 Å². The maximum absolute atomic E-state index is 2.46. The van der Waals surface area contributed by atoms with Crippen LogP contribution in [0.3, 0.4) is 0 Å². The zero-order chi connectivity index (χ0) is 10.1. The number of hydrogen-bond donors (Lipinski definition) is 0. The third-order valence-corrected chi connectivity index (χ3v) is 3.86. The summed E-state index contributed by atoms with van der Waals surface area (Å²) in [6.45, 7) is 12.0. The van der Waals surface area contributed by atoms with Gasteiger partial charge in [-0.25, -0.2) is 0 Å². The van der Waals surface area contributed by atoms with Crippen molar-refractivity contribution in [3.8, 4) is 0 Å². The molecule has 0 nitrogen and oxygen atoms in total. The molecule has 1 aliphatic rings. The van der Waals surface area contributed by atoms with Crippen LogP contribution in [-0.2, 0) is 0 Å². The van der Waals surface area contributed by atoms with Gasteiger partial charge in [0, 0.05) is 0 Å². The molecule has 2 unspecified atom stereocenters. The lowest BCUT2D eigenvalue weighted by atomic mass is 9.71. The molecule has 0 N–H and O–H groups in total. The van der Waals surface area contributed by atoms with Crippen LogP contribution in [0.5, 0.6) is 0 Å². The van der Waals surface area contributed by atoms with E-state index >= 15 is 0 Å². The van der Waals surface area contributed by atoms with Crippen LogP contribution in [0.1, 0.15) is 60.3 Å². The molecule has 78 valence electrons. The van der Waals surface area contributed by atoms with Crippen LogP contribution in [0.25, 0.3) is 0 Å². The van der Waals surface area contributed by atoms with E-state index in [1.165, 1.54) is 25.7 Å². The summed E-state index contributed by atoms with van der Waals surface area (Å²) in [7, 11) is 0. The van der Waals surface area contributed by atoms with Crippen molar-refractivity contribution in [1.82, 2.24) is 0 Å². The van der Waals surface area contributed by atoms with Gasteiger partial charge in [0.15, 0.2) is 0 Å². The highest BCUT2D eigenvalue weighted by atomic mass is 14.4. The molecule has 0 heterocycles. The minimum Gasteiger partial charge on any atom is -0.0654 e. The molecule has 1 aliphatic carbocycles. The predicted octanol–water partition coefficient (Wildman–Crippen LogP) is 4.49. The lowest BCUT2D eigenvalue weighted by Gasteiger charge is -2.34. The summed E-state index contributed by atoms with van der Waals surface area (Å²) in [6, 6.07) is 0. The van der Waals surface area contributed by atoms with Crippen LogP contribution in [0, 0.1) is 23.2 Å². The Bertz CT molecular complexity index is 148. The van der Waals surface area contributed by atoms with E-state index in [2.05, 4.69) is 34.6 Å². The molecule has 0 bridgehead atoms. The summed E-state index contributed by atoms with van der Waals surface area (Å²) in [6.07, 6.45) is 5.82. The third kappa shape index (κ3) is 3.00. The molecule has 2 atom stereocenters. The molecule has 0 aromatic rings. The van der Waals surface area contributed by atoms with Gasteiger partial charge in [-0.1, -0.05) is 47.5 Å². The standard InChI is InChI=1S/C13H26/c1-6-7-12(11-8-9-11)10(2)13(3,4)5/h10-12H,6-9H2,1-5H3. The van der Waals surface area contributed by atoms with Crippen LogP contribution >= 0.6 is 0 Å². The van der Waals surface area contributed by atoms with Crippen molar-refractivity contribution in [2.45, 2.75) is 60.3 Å². The molecule has 0 radical (unpaired) electrons. The zero-order valence-electron chi connectivity index (χ0n) is 10.1. The lowest BCUT2D eigenvalue weighted by Crippen LogP contribution is -2.26. The smallest absolute Gasteiger partial charge is 0.0354 e. The number of rotatable bonds is 4. The number of hydrogen-bond acceptors (Lipinski definition) is 0. The highest BCUT2D eigenvalue weighted by molar-refractivity contribution is 4.88.